The number of esters is 1. The van der Waals surface area contributed by atoms with E-state index in [0.29, 0.717) is 5.41 Å². The van der Waals surface area contributed by atoms with Crippen LogP contribution in [0, 0.1) is 11.3 Å². The second-order valence-corrected chi connectivity index (χ2v) is 6.74. The summed E-state index contributed by atoms with van der Waals surface area (Å²) in [6.45, 7) is 8.84. The van der Waals surface area contributed by atoms with E-state index in [2.05, 4.69) is 20.8 Å². The minimum Gasteiger partial charge on any atom is -0.467 e. The number of methoxy groups -OCH3 is 1. The predicted molar refractivity (Wildman–Crippen MR) is 70.3 cm³/mol. The van der Waals surface area contributed by atoms with Crippen LogP contribution in [0.25, 0.3) is 0 Å². The molecule has 3 heteroatoms. The van der Waals surface area contributed by atoms with Gasteiger partial charge in [-0.3, -0.25) is 0 Å². The Labute approximate surface area is 110 Å². The molecular formula is C15H26O3. The van der Waals surface area contributed by atoms with Gasteiger partial charge in [-0.15, -0.1) is 0 Å². The molecule has 2 rings (SSSR count). The Kier molecular flexibility index (Phi) is 3.25. The van der Waals surface area contributed by atoms with Gasteiger partial charge in [0.25, 0.3) is 0 Å². The van der Waals surface area contributed by atoms with Crippen LogP contribution in [0.3, 0.4) is 0 Å². The third-order valence-corrected chi connectivity index (χ3v) is 5.61. The fraction of sp³-hybridized carbons (Fsp3) is 0.933. The number of epoxide rings is 1. The molecule has 1 saturated carbocycles. The summed E-state index contributed by atoms with van der Waals surface area (Å²) < 4.78 is 10.7. The van der Waals surface area contributed by atoms with Crippen molar-refractivity contribution in [3.63, 3.8) is 0 Å². The fourth-order valence-corrected chi connectivity index (χ4v) is 3.52. The molecule has 2 aliphatic rings. The van der Waals surface area contributed by atoms with Crippen LogP contribution < -0.4 is 0 Å². The van der Waals surface area contributed by atoms with Crippen molar-refractivity contribution >= 4 is 5.97 Å². The number of rotatable bonds is 3. The second-order valence-electron chi connectivity index (χ2n) is 6.74. The van der Waals surface area contributed by atoms with Crippen LogP contribution in [0.1, 0.15) is 59.8 Å². The third kappa shape index (κ3) is 1.87. The minimum atomic E-state index is -0.678. The summed E-state index contributed by atoms with van der Waals surface area (Å²) >= 11 is 0. The first-order valence-electron chi connectivity index (χ1n) is 7.10. The Morgan fingerprint density at radius 2 is 1.94 bits per heavy atom. The summed E-state index contributed by atoms with van der Waals surface area (Å²) in [6.07, 6.45) is 5.51. The van der Waals surface area contributed by atoms with Gasteiger partial charge in [0.1, 0.15) is 5.60 Å². The summed E-state index contributed by atoms with van der Waals surface area (Å²) in [5, 5.41) is 0. The zero-order valence-corrected chi connectivity index (χ0v) is 12.3. The smallest absolute Gasteiger partial charge is 0.340 e. The number of hydrogen-bond donors (Lipinski definition) is 0. The van der Waals surface area contributed by atoms with Gasteiger partial charge in [-0.25, -0.2) is 4.79 Å². The molecule has 0 amide bonds. The van der Waals surface area contributed by atoms with Gasteiger partial charge in [-0.05, 0) is 43.9 Å². The number of ether oxygens (including phenoxy) is 2. The highest BCUT2D eigenvalue weighted by Gasteiger charge is 2.72. The molecule has 2 fully saturated rings. The average molecular weight is 254 g/mol. The van der Waals surface area contributed by atoms with Gasteiger partial charge in [0.05, 0.1) is 7.11 Å². The van der Waals surface area contributed by atoms with Crippen LogP contribution in [0.4, 0.5) is 0 Å². The molecule has 0 bridgehead atoms. The van der Waals surface area contributed by atoms with E-state index >= 15 is 0 Å². The van der Waals surface area contributed by atoms with E-state index < -0.39 is 5.60 Å². The Morgan fingerprint density at radius 3 is 2.39 bits per heavy atom. The van der Waals surface area contributed by atoms with Crippen LogP contribution in [-0.2, 0) is 14.3 Å². The summed E-state index contributed by atoms with van der Waals surface area (Å²) in [6, 6.07) is 0. The molecule has 1 aliphatic heterocycles. The molecule has 1 spiro atoms. The number of hydrogen-bond acceptors (Lipinski definition) is 3. The van der Waals surface area contributed by atoms with E-state index in [1.807, 2.05) is 6.92 Å². The molecule has 1 heterocycles. The largest absolute Gasteiger partial charge is 0.467 e. The lowest BCUT2D eigenvalue weighted by Gasteiger charge is -2.38. The molecule has 0 aromatic heterocycles. The first kappa shape index (κ1) is 13.9. The fourth-order valence-electron chi connectivity index (χ4n) is 3.52. The maximum Gasteiger partial charge on any atom is 0.340 e. The van der Waals surface area contributed by atoms with Crippen LogP contribution in [-0.4, -0.2) is 24.3 Å². The Hall–Kier alpha value is -0.570. The molecule has 18 heavy (non-hydrogen) atoms. The van der Waals surface area contributed by atoms with E-state index in [-0.39, 0.29) is 11.6 Å². The maximum atomic E-state index is 11.8. The Bertz CT molecular complexity index is 340. The van der Waals surface area contributed by atoms with Crippen LogP contribution in [0.2, 0.25) is 0 Å². The van der Waals surface area contributed by atoms with Crippen molar-refractivity contribution in [3.8, 4) is 0 Å². The maximum absolute atomic E-state index is 11.8. The minimum absolute atomic E-state index is 0.212. The normalized spacial score (nSPS) is 39.7. The summed E-state index contributed by atoms with van der Waals surface area (Å²) in [5.74, 6) is 0.537. The summed E-state index contributed by atoms with van der Waals surface area (Å²) in [4.78, 5) is 11.8. The monoisotopic (exact) mass is 254 g/mol. The lowest BCUT2D eigenvalue weighted by atomic mass is 9.66. The molecule has 104 valence electrons. The highest BCUT2D eigenvalue weighted by Crippen LogP contribution is 2.59. The molecule has 1 unspecified atom stereocenters. The van der Waals surface area contributed by atoms with Crippen LogP contribution >= 0.6 is 0 Å². The van der Waals surface area contributed by atoms with Crippen LogP contribution in [0.15, 0.2) is 0 Å². The van der Waals surface area contributed by atoms with Crippen molar-refractivity contribution in [2.45, 2.75) is 71.0 Å². The first-order valence-corrected chi connectivity index (χ1v) is 7.10. The standard InChI is InChI=1S/C15H26O3/c1-6-13(2,3)11-7-9-15(10-8-11)14(4,18-15)12(16)17-5/h11H,6-10H2,1-5H3. The van der Waals surface area contributed by atoms with Crippen molar-refractivity contribution in [3.05, 3.63) is 0 Å². The highest BCUT2D eigenvalue weighted by atomic mass is 16.7. The van der Waals surface area contributed by atoms with E-state index in [4.69, 9.17) is 9.47 Å². The predicted octanol–water partition coefficient (Wildman–Crippen LogP) is 3.31. The van der Waals surface area contributed by atoms with Gasteiger partial charge >= 0.3 is 5.97 Å². The SMILES string of the molecule is CCC(C)(C)C1CCC2(CC1)OC2(C)C(=O)OC. The van der Waals surface area contributed by atoms with Crippen LogP contribution in [0.5, 0.6) is 0 Å². The second kappa shape index (κ2) is 4.22. The van der Waals surface area contributed by atoms with Gasteiger partial charge in [0, 0.05) is 0 Å². The molecule has 0 N–H and O–H groups in total. The molecule has 0 aromatic rings. The molecular weight excluding hydrogens is 228 g/mol. The van der Waals surface area contributed by atoms with Crippen molar-refractivity contribution in [2.24, 2.45) is 11.3 Å². The van der Waals surface area contributed by atoms with Crippen molar-refractivity contribution in [2.75, 3.05) is 7.11 Å². The van der Waals surface area contributed by atoms with Gasteiger partial charge < -0.3 is 9.47 Å². The topological polar surface area (TPSA) is 38.8 Å². The quantitative estimate of drug-likeness (QED) is 0.573. The third-order valence-electron chi connectivity index (χ3n) is 5.61. The van der Waals surface area contributed by atoms with Crippen molar-refractivity contribution in [1.29, 1.82) is 0 Å². The lowest BCUT2D eigenvalue weighted by molar-refractivity contribution is -0.146. The molecule has 1 aliphatic carbocycles. The van der Waals surface area contributed by atoms with E-state index in [1.54, 1.807) is 0 Å². The van der Waals surface area contributed by atoms with E-state index in [1.165, 1.54) is 13.5 Å². The molecule has 1 saturated heterocycles. The zero-order chi connectivity index (χ0) is 13.6. The summed E-state index contributed by atoms with van der Waals surface area (Å²) in [5.41, 5.74) is -0.498. The van der Waals surface area contributed by atoms with Gasteiger partial charge in [-0.2, -0.15) is 0 Å². The molecule has 0 aromatic carbocycles. The van der Waals surface area contributed by atoms with E-state index in [0.717, 1.165) is 31.6 Å². The van der Waals surface area contributed by atoms with Crippen molar-refractivity contribution in [1.82, 2.24) is 0 Å². The van der Waals surface area contributed by atoms with E-state index in [9.17, 15) is 4.79 Å². The van der Waals surface area contributed by atoms with Gasteiger partial charge in [0.2, 0.25) is 0 Å². The summed E-state index contributed by atoms with van der Waals surface area (Å²) in [7, 11) is 1.44. The highest BCUT2D eigenvalue weighted by molar-refractivity contribution is 5.84. The average Bonchev–Trinajstić information content (AvgIpc) is 2.94. The Balaban J connectivity index is 1.99. The van der Waals surface area contributed by atoms with Gasteiger partial charge in [0.15, 0.2) is 5.60 Å². The Morgan fingerprint density at radius 1 is 1.39 bits per heavy atom. The van der Waals surface area contributed by atoms with Crippen molar-refractivity contribution < 1.29 is 14.3 Å². The molecule has 0 radical (unpaired) electrons. The number of carbonyl (C=O) groups excluding carboxylic acids is 1. The lowest BCUT2D eigenvalue weighted by Crippen LogP contribution is -2.38. The number of carbonyl (C=O) groups is 1. The first-order chi connectivity index (χ1) is 8.31. The van der Waals surface area contributed by atoms with Gasteiger partial charge in [-0.1, -0.05) is 27.2 Å². The molecule has 1 atom stereocenters. The zero-order valence-electron chi connectivity index (χ0n) is 12.3. The molecule has 3 nitrogen and oxygen atoms in total.